The van der Waals surface area contributed by atoms with E-state index in [1.54, 1.807) is 0 Å². The van der Waals surface area contributed by atoms with E-state index in [0.29, 0.717) is 0 Å². The Morgan fingerprint density at radius 1 is 0.719 bits per heavy atom. The van der Waals surface area contributed by atoms with Crippen LogP contribution in [0.25, 0.3) is 32.9 Å². The average Bonchev–Trinajstić information content (AvgIpc) is 3.38. The van der Waals surface area contributed by atoms with Gasteiger partial charge < -0.3 is 0 Å². The minimum Gasteiger partial charge on any atom is -0.256 e. The molecule has 3 heteroatoms. The van der Waals surface area contributed by atoms with E-state index < -0.39 is 0 Å². The van der Waals surface area contributed by atoms with Gasteiger partial charge in [0.25, 0.3) is 0 Å². The first-order valence-electron chi connectivity index (χ1n) is 11.1. The Morgan fingerprint density at radius 2 is 1.44 bits per heavy atom. The lowest BCUT2D eigenvalue weighted by atomic mass is 9.81. The van der Waals surface area contributed by atoms with E-state index in [0.717, 1.165) is 39.6 Å². The van der Waals surface area contributed by atoms with Crippen LogP contribution in [-0.4, -0.2) is 15.7 Å². The van der Waals surface area contributed by atoms with Gasteiger partial charge in [-0.3, -0.25) is 9.97 Å². The molecule has 2 aliphatic rings. The van der Waals surface area contributed by atoms with Gasteiger partial charge in [0.2, 0.25) is 0 Å². The van der Waals surface area contributed by atoms with Crippen LogP contribution in [-0.2, 0) is 11.8 Å². The Kier molecular flexibility index (Phi) is 3.39. The average molecular weight is 412 g/mol. The zero-order chi connectivity index (χ0) is 21.4. The second kappa shape index (κ2) is 6.10. The minimum absolute atomic E-state index is 0.0174. The SMILES string of the molecule is CC1(C)c2ccccc2-c2ccc(C3=Nc4c(c5ncccc5c5cccnc45)C3)cc21. The minimum atomic E-state index is -0.0174. The summed E-state index contributed by atoms with van der Waals surface area (Å²) in [6, 6.07) is 23.9. The van der Waals surface area contributed by atoms with E-state index in [1.807, 2.05) is 24.5 Å². The molecule has 1 aliphatic heterocycles. The lowest BCUT2D eigenvalue weighted by Gasteiger charge is -2.21. The number of nitrogens with zero attached hydrogens (tertiary/aromatic N) is 3. The van der Waals surface area contributed by atoms with E-state index in [1.165, 1.54) is 33.4 Å². The van der Waals surface area contributed by atoms with Gasteiger partial charge in [-0.1, -0.05) is 62.4 Å². The summed E-state index contributed by atoms with van der Waals surface area (Å²) in [5, 5.41) is 2.27. The maximum Gasteiger partial charge on any atom is 0.0969 e. The first kappa shape index (κ1) is 17.8. The van der Waals surface area contributed by atoms with Gasteiger partial charge in [0, 0.05) is 40.6 Å². The summed E-state index contributed by atoms with van der Waals surface area (Å²) in [6.45, 7) is 4.64. The van der Waals surface area contributed by atoms with E-state index in [-0.39, 0.29) is 5.41 Å². The van der Waals surface area contributed by atoms with Crippen molar-refractivity contribution in [3.63, 3.8) is 0 Å². The molecule has 0 spiro atoms. The number of aliphatic imine (C=N–C) groups is 1. The third-order valence-corrected chi connectivity index (χ3v) is 7.21. The molecular weight excluding hydrogens is 390 g/mol. The van der Waals surface area contributed by atoms with Crippen LogP contribution in [0.4, 0.5) is 5.69 Å². The van der Waals surface area contributed by atoms with Crippen LogP contribution in [0, 0.1) is 0 Å². The third kappa shape index (κ3) is 2.23. The zero-order valence-corrected chi connectivity index (χ0v) is 18.1. The van der Waals surface area contributed by atoms with Crippen molar-refractivity contribution < 1.29 is 0 Å². The highest BCUT2D eigenvalue weighted by molar-refractivity contribution is 6.18. The molecule has 0 bridgehead atoms. The summed E-state index contributed by atoms with van der Waals surface area (Å²) < 4.78 is 0. The summed E-state index contributed by atoms with van der Waals surface area (Å²) in [6.07, 6.45) is 4.51. The summed E-state index contributed by atoms with van der Waals surface area (Å²) in [4.78, 5) is 14.6. The molecule has 0 unspecified atom stereocenters. The topological polar surface area (TPSA) is 38.1 Å². The summed E-state index contributed by atoms with van der Waals surface area (Å²) in [5.41, 5.74) is 11.9. The van der Waals surface area contributed by atoms with E-state index >= 15 is 0 Å². The number of fused-ring (bicyclic) bond motifs is 9. The lowest BCUT2D eigenvalue weighted by molar-refractivity contribution is 0.660. The molecule has 2 aromatic heterocycles. The number of aromatic nitrogens is 2. The summed E-state index contributed by atoms with van der Waals surface area (Å²) in [7, 11) is 0. The van der Waals surface area contributed by atoms with Crippen molar-refractivity contribution in [1.82, 2.24) is 9.97 Å². The predicted octanol–water partition coefficient (Wildman–Crippen LogP) is 6.77. The van der Waals surface area contributed by atoms with Crippen LogP contribution < -0.4 is 0 Å². The van der Waals surface area contributed by atoms with E-state index in [9.17, 15) is 0 Å². The summed E-state index contributed by atoms with van der Waals surface area (Å²) >= 11 is 0. The second-order valence-electron chi connectivity index (χ2n) is 9.29. The van der Waals surface area contributed by atoms with Crippen molar-refractivity contribution in [2.45, 2.75) is 25.7 Å². The van der Waals surface area contributed by atoms with Crippen LogP contribution in [0.15, 0.2) is 84.1 Å². The molecule has 0 fully saturated rings. The smallest absolute Gasteiger partial charge is 0.0969 e. The quantitative estimate of drug-likeness (QED) is 0.286. The Bertz CT molecular complexity index is 1630. The van der Waals surface area contributed by atoms with Gasteiger partial charge in [0.1, 0.15) is 0 Å². The Labute approximate surface area is 186 Å². The monoisotopic (exact) mass is 411 g/mol. The highest BCUT2D eigenvalue weighted by atomic mass is 14.8. The fourth-order valence-electron chi connectivity index (χ4n) is 5.61. The van der Waals surface area contributed by atoms with Crippen LogP contribution in [0.2, 0.25) is 0 Å². The van der Waals surface area contributed by atoms with Crippen LogP contribution in [0.5, 0.6) is 0 Å². The molecule has 0 saturated heterocycles. The molecule has 1 aliphatic carbocycles. The molecule has 0 N–H and O–H groups in total. The molecule has 3 heterocycles. The standard InChI is InChI=1S/C29H21N3/c1-29(2)23-10-4-3-7-18(23)19-12-11-17(15-24(19)29)25-16-22-26-20(8-5-13-30-26)21-9-6-14-31-27(21)28(22)32-25/h3-15H,16H2,1-2H3. The van der Waals surface area contributed by atoms with Crippen molar-refractivity contribution in [3.8, 4) is 11.1 Å². The van der Waals surface area contributed by atoms with Crippen molar-refractivity contribution in [2.75, 3.05) is 0 Å². The maximum atomic E-state index is 5.14. The van der Waals surface area contributed by atoms with Crippen molar-refractivity contribution in [2.24, 2.45) is 4.99 Å². The fraction of sp³-hybridized carbons (Fsp3) is 0.138. The number of hydrogen-bond acceptors (Lipinski definition) is 3. The first-order chi connectivity index (χ1) is 15.6. The highest BCUT2D eigenvalue weighted by Crippen LogP contribution is 2.49. The number of benzene rings is 3. The highest BCUT2D eigenvalue weighted by Gasteiger charge is 2.35. The van der Waals surface area contributed by atoms with Crippen LogP contribution in [0.1, 0.15) is 36.1 Å². The molecule has 0 radical (unpaired) electrons. The van der Waals surface area contributed by atoms with Gasteiger partial charge in [-0.2, -0.15) is 0 Å². The van der Waals surface area contributed by atoms with Crippen molar-refractivity contribution in [1.29, 1.82) is 0 Å². The number of pyridine rings is 2. The second-order valence-corrected chi connectivity index (χ2v) is 9.29. The Balaban J connectivity index is 1.42. The first-order valence-corrected chi connectivity index (χ1v) is 11.1. The fourth-order valence-corrected chi connectivity index (χ4v) is 5.61. The summed E-state index contributed by atoms with van der Waals surface area (Å²) in [5.74, 6) is 0. The zero-order valence-electron chi connectivity index (χ0n) is 18.1. The largest absolute Gasteiger partial charge is 0.256 e. The molecule has 152 valence electrons. The normalized spacial score (nSPS) is 15.5. The molecule has 0 saturated carbocycles. The molecule has 3 aromatic carbocycles. The molecule has 3 nitrogen and oxygen atoms in total. The predicted molar refractivity (Wildman–Crippen MR) is 131 cm³/mol. The molecule has 7 rings (SSSR count). The Hall–Kier alpha value is -3.85. The number of rotatable bonds is 1. The van der Waals surface area contributed by atoms with Crippen LogP contribution >= 0.6 is 0 Å². The van der Waals surface area contributed by atoms with Crippen molar-refractivity contribution >= 4 is 33.2 Å². The maximum absolute atomic E-state index is 5.14. The molecule has 0 atom stereocenters. The third-order valence-electron chi connectivity index (χ3n) is 7.21. The Morgan fingerprint density at radius 3 is 2.28 bits per heavy atom. The molecule has 5 aromatic rings. The molecular formula is C29H21N3. The van der Waals surface area contributed by atoms with Gasteiger partial charge >= 0.3 is 0 Å². The molecule has 32 heavy (non-hydrogen) atoms. The van der Waals surface area contributed by atoms with Gasteiger partial charge in [-0.15, -0.1) is 0 Å². The number of hydrogen-bond donors (Lipinski definition) is 0. The lowest BCUT2D eigenvalue weighted by Crippen LogP contribution is -2.15. The van der Waals surface area contributed by atoms with E-state index in [4.69, 9.17) is 15.0 Å². The van der Waals surface area contributed by atoms with Gasteiger partial charge in [-0.25, -0.2) is 4.99 Å². The van der Waals surface area contributed by atoms with Gasteiger partial charge in [-0.05, 0) is 46.0 Å². The van der Waals surface area contributed by atoms with E-state index in [2.05, 4.69) is 68.4 Å². The molecule has 0 amide bonds. The van der Waals surface area contributed by atoms with Gasteiger partial charge in [0.05, 0.1) is 22.4 Å². The van der Waals surface area contributed by atoms with Gasteiger partial charge in [0.15, 0.2) is 0 Å². The van der Waals surface area contributed by atoms with Crippen molar-refractivity contribution in [3.05, 3.63) is 101 Å². The van der Waals surface area contributed by atoms with Crippen LogP contribution in [0.3, 0.4) is 0 Å².